The molecule has 4 heteroatoms. The van der Waals surface area contributed by atoms with Crippen molar-refractivity contribution in [1.29, 1.82) is 0 Å². The van der Waals surface area contributed by atoms with Crippen LogP contribution in [-0.4, -0.2) is 9.78 Å². The van der Waals surface area contributed by atoms with Crippen LogP contribution in [0.1, 0.15) is 29.8 Å². The monoisotopic (exact) mass is 256 g/mol. The maximum absolute atomic E-state index is 5.81. The third-order valence-electron chi connectivity index (χ3n) is 4.10. The Balaban J connectivity index is 1.86. The Kier molecular flexibility index (Phi) is 3.36. The smallest absolute Gasteiger partial charge is 0.0663 e. The number of rotatable bonds is 4. The summed E-state index contributed by atoms with van der Waals surface area (Å²) in [6, 6.07) is 10.9. The number of aryl methyl sites for hydroxylation is 1. The number of hydrazine groups is 1. The molecule has 2 aromatic rings. The molecule has 0 aliphatic heterocycles. The predicted octanol–water partition coefficient (Wildman–Crippen LogP) is 1.82. The van der Waals surface area contributed by atoms with Crippen LogP contribution >= 0.6 is 0 Å². The van der Waals surface area contributed by atoms with Gasteiger partial charge in [0.25, 0.3) is 0 Å². The molecular weight excluding hydrogens is 236 g/mol. The minimum Gasteiger partial charge on any atom is -0.271 e. The van der Waals surface area contributed by atoms with Crippen LogP contribution in [0.4, 0.5) is 0 Å². The molecular formula is C15H20N4. The first-order valence-electron chi connectivity index (χ1n) is 6.88. The molecule has 3 N–H and O–H groups in total. The summed E-state index contributed by atoms with van der Waals surface area (Å²) in [4.78, 5) is 0. The third-order valence-corrected chi connectivity index (χ3v) is 4.10. The molecule has 0 saturated heterocycles. The van der Waals surface area contributed by atoms with E-state index >= 15 is 0 Å². The Morgan fingerprint density at radius 3 is 2.58 bits per heavy atom. The summed E-state index contributed by atoms with van der Waals surface area (Å²) >= 11 is 0. The van der Waals surface area contributed by atoms with Gasteiger partial charge < -0.3 is 0 Å². The fraction of sp³-hybridized carbons (Fsp3) is 0.400. The van der Waals surface area contributed by atoms with E-state index in [4.69, 9.17) is 5.84 Å². The first kappa shape index (κ1) is 12.4. The van der Waals surface area contributed by atoms with Crippen LogP contribution < -0.4 is 11.3 Å². The Morgan fingerprint density at radius 1 is 1.32 bits per heavy atom. The maximum Gasteiger partial charge on any atom is 0.0663 e. The molecule has 3 rings (SSSR count). The van der Waals surface area contributed by atoms with Crippen molar-refractivity contribution in [2.75, 3.05) is 0 Å². The summed E-state index contributed by atoms with van der Waals surface area (Å²) < 4.78 is 2.02. The third kappa shape index (κ3) is 2.17. The van der Waals surface area contributed by atoms with Crippen molar-refractivity contribution in [3.05, 3.63) is 53.3 Å². The fourth-order valence-corrected chi connectivity index (χ4v) is 3.16. The van der Waals surface area contributed by atoms with Crippen LogP contribution in [-0.2, 0) is 19.4 Å². The molecule has 0 radical (unpaired) electrons. The summed E-state index contributed by atoms with van der Waals surface area (Å²) in [5, 5.41) is 4.35. The number of nitrogens with two attached hydrogens (primary N) is 1. The quantitative estimate of drug-likeness (QED) is 0.648. The van der Waals surface area contributed by atoms with E-state index in [2.05, 4.69) is 47.8 Å². The highest BCUT2D eigenvalue weighted by molar-refractivity contribution is 5.33. The zero-order chi connectivity index (χ0) is 13.2. The normalized spacial score (nSPS) is 16.5. The molecule has 1 heterocycles. The summed E-state index contributed by atoms with van der Waals surface area (Å²) in [7, 11) is 0. The fourth-order valence-electron chi connectivity index (χ4n) is 3.16. The number of nitrogens with zero attached hydrogens (tertiary/aromatic N) is 2. The molecule has 1 atom stereocenters. The minimum atomic E-state index is 0.162. The standard InChI is InChI=1S/C15H20N4/c1-2-19-14(7-8-17-19)15(18-16)13-9-11-5-3-4-6-12(11)10-13/h3-8,13,15,18H,2,9-10,16H2,1H3. The number of aromatic nitrogens is 2. The van der Waals surface area contributed by atoms with E-state index in [0.717, 1.165) is 19.4 Å². The SMILES string of the molecule is CCn1nccc1C(NN)C1Cc2ccccc2C1. The second-order valence-electron chi connectivity index (χ2n) is 5.15. The first-order chi connectivity index (χ1) is 9.33. The van der Waals surface area contributed by atoms with Gasteiger partial charge in [-0.3, -0.25) is 16.0 Å². The van der Waals surface area contributed by atoms with Crippen molar-refractivity contribution < 1.29 is 0 Å². The van der Waals surface area contributed by atoms with Gasteiger partial charge >= 0.3 is 0 Å². The second kappa shape index (κ2) is 5.15. The molecule has 1 aliphatic carbocycles. The summed E-state index contributed by atoms with van der Waals surface area (Å²) in [5.41, 5.74) is 7.09. The highest BCUT2D eigenvalue weighted by atomic mass is 15.3. The largest absolute Gasteiger partial charge is 0.271 e. The van der Waals surface area contributed by atoms with Crippen LogP contribution in [0.3, 0.4) is 0 Å². The molecule has 100 valence electrons. The molecule has 0 saturated carbocycles. The molecule has 19 heavy (non-hydrogen) atoms. The molecule has 1 aliphatic rings. The topological polar surface area (TPSA) is 55.9 Å². The molecule has 1 unspecified atom stereocenters. The van der Waals surface area contributed by atoms with E-state index in [-0.39, 0.29) is 6.04 Å². The molecule has 0 spiro atoms. The lowest BCUT2D eigenvalue weighted by atomic mass is 9.94. The van der Waals surface area contributed by atoms with Crippen molar-refractivity contribution >= 4 is 0 Å². The minimum absolute atomic E-state index is 0.162. The number of hydrogen-bond acceptors (Lipinski definition) is 3. The number of hydrogen-bond donors (Lipinski definition) is 2. The molecule has 4 nitrogen and oxygen atoms in total. The van der Waals surface area contributed by atoms with Gasteiger partial charge in [-0.05, 0) is 42.9 Å². The van der Waals surface area contributed by atoms with Gasteiger partial charge in [-0.1, -0.05) is 24.3 Å². The highest BCUT2D eigenvalue weighted by Crippen LogP contribution is 2.34. The van der Waals surface area contributed by atoms with Gasteiger partial charge in [0, 0.05) is 12.7 Å². The van der Waals surface area contributed by atoms with Crippen LogP contribution in [0.5, 0.6) is 0 Å². The van der Waals surface area contributed by atoms with E-state index in [0.29, 0.717) is 5.92 Å². The van der Waals surface area contributed by atoms with Crippen molar-refractivity contribution in [2.45, 2.75) is 32.4 Å². The van der Waals surface area contributed by atoms with Gasteiger partial charge in [0.15, 0.2) is 0 Å². The van der Waals surface area contributed by atoms with Crippen LogP contribution in [0, 0.1) is 5.92 Å². The maximum atomic E-state index is 5.81. The highest BCUT2D eigenvalue weighted by Gasteiger charge is 2.30. The first-order valence-corrected chi connectivity index (χ1v) is 6.88. The average molecular weight is 256 g/mol. The van der Waals surface area contributed by atoms with Crippen molar-refractivity contribution in [3.8, 4) is 0 Å². The summed E-state index contributed by atoms with van der Waals surface area (Å²) in [6.07, 6.45) is 4.02. The molecule has 0 fully saturated rings. The van der Waals surface area contributed by atoms with E-state index in [1.165, 1.54) is 16.8 Å². The van der Waals surface area contributed by atoms with Gasteiger partial charge in [-0.15, -0.1) is 0 Å². The molecule has 1 aromatic heterocycles. The van der Waals surface area contributed by atoms with E-state index < -0.39 is 0 Å². The Bertz CT molecular complexity index is 536. The lowest BCUT2D eigenvalue weighted by molar-refractivity contribution is 0.356. The lowest BCUT2D eigenvalue weighted by Gasteiger charge is -2.23. The van der Waals surface area contributed by atoms with E-state index in [1.807, 2.05) is 10.9 Å². The Morgan fingerprint density at radius 2 is 2.00 bits per heavy atom. The zero-order valence-electron chi connectivity index (χ0n) is 11.2. The second-order valence-corrected chi connectivity index (χ2v) is 5.15. The molecule has 0 amide bonds. The van der Waals surface area contributed by atoms with Crippen LogP contribution in [0.15, 0.2) is 36.5 Å². The van der Waals surface area contributed by atoms with Gasteiger partial charge in [0.2, 0.25) is 0 Å². The average Bonchev–Trinajstić information content (AvgIpc) is 3.05. The summed E-state index contributed by atoms with van der Waals surface area (Å²) in [6.45, 7) is 2.98. The lowest BCUT2D eigenvalue weighted by Crippen LogP contribution is -2.35. The molecule has 1 aromatic carbocycles. The number of fused-ring (bicyclic) bond motifs is 1. The van der Waals surface area contributed by atoms with Gasteiger partial charge in [-0.2, -0.15) is 5.10 Å². The Labute approximate surface area is 113 Å². The van der Waals surface area contributed by atoms with Gasteiger partial charge in [0.1, 0.15) is 0 Å². The van der Waals surface area contributed by atoms with Gasteiger partial charge in [0.05, 0.1) is 11.7 Å². The number of nitrogens with one attached hydrogen (secondary N) is 1. The van der Waals surface area contributed by atoms with Gasteiger partial charge in [-0.25, -0.2) is 0 Å². The zero-order valence-corrected chi connectivity index (χ0v) is 11.2. The van der Waals surface area contributed by atoms with E-state index in [9.17, 15) is 0 Å². The Hall–Kier alpha value is -1.65. The van der Waals surface area contributed by atoms with E-state index in [1.54, 1.807) is 0 Å². The predicted molar refractivity (Wildman–Crippen MR) is 75.3 cm³/mol. The summed E-state index contributed by atoms with van der Waals surface area (Å²) in [5.74, 6) is 6.32. The van der Waals surface area contributed by atoms with Crippen LogP contribution in [0.2, 0.25) is 0 Å². The van der Waals surface area contributed by atoms with Crippen molar-refractivity contribution in [3.63, 3.8) is 0 Å². The van der Waals surface area contributed by atoms with Crippen LogP contribution in [0.25, 0.3) is 0 Å². The molecule has 0 bridgehead atoms. The van der Waals surface area contributed by atoms with Crippen molar-refractivity contribution in [1.82, 2.24) is 15.2 Å². The van der Waals surface area contributed by atoms with Crippen molar-refractivity contribution in [2.24, 2.45) is 11.8 Å². The number of benzene rings is 1.